The molecule has 0 aromatic heterocycles. The number of carbonyl (C=O) groups excluding carboxylic acids is 1. The highest BCUT2D eigenvalue weighted by Crippen LogP contribution is 2.13. The number of hydrogen-bond acceptors (Lipinski definition) is 3. The minimum absolute atomic E-state index is 0.0746. The van der Waals surface area contributed by atoms with Crippen molar-refractivity contribution in [2.24, 2.45) is 0 Å². The molecule has 1 aliphatic heterocycles. The third-order valence-corrected chi connectivity index (χ3v) is 6.58. The highest BCUT2D eigenvalue weighted by atomic mass is 35.5. The highest BCUT2D eigenvalue weighted by Gasteiger charge is 2.21. The first kappa shape index (κ1) is 21.2. The highest BCUT2D eigenvalue weighted by molar-refractivity contribution is 7.89. The minimum atomic E-state index is -3.61. The van der Waals surface area contributed by atoms with Crippen molar-refractivity contribution in [2.45, 2.75) is 50.0 Å². The number of amides is 1. The molecule has 26 heavy (non-hydrogen) atoms. The van der Waals surface area contributed by atoms with Crippen LogP contribution in [0.1, 0.15) is 39.0 Å². The summed E-state index contributed by atoms with van der Waals surface area (Å²) in [6.45, 7) is 5.30. The first-order valence-electron chi connectivity index (χ1n) is 9.25. The second-order valence-corrected chi connectivity index (χ2v) is 9.06. The lowest BCUT2D eigenvalue weighted by atomic mass is 10.0. The lowest BCUT2D eigenvalue weighted by Gasteiger charge is -2.30. The normalized spacial score (nSPS) is 20.7. The van der Waals surface area contributed by atoms with Gasteiger partial charge < -0.3 is 10.2 Å². The van der Waals surface area contributed by atoms with Crippen molar-refractivity contribution in [1.82, 2.24) is 10.0 Å². The van der Waals surface area contributed by atoms with Gasteiger partial charge in [0.05, 0.1) is 24.0 Å². The molecule has 0 spiro atoms. The molecule has 1 aliphatic rings. The molecule has 3 N–H and O–H groups in total. The Hall–Kier alpha value is -1.15. The van der Waals surface area contributed by atoms with E-state index in [0.717, 1.165) is 13.0 Å². The number of carbonyl (C=O) groups is 1. The van der Waals surface area contributed by atoms with Crippen LogP contribution in [0.25, 0.3) is 0 Å². The lowest BCUT2D eigenvalue weighted by Crippen LogP contribution is -3.16. The van der Waals surface area contributed by atoms with Crippen molar-refractivity contribution in [2.75, 3.05) is 26.2 Å². The van der Waals surface area contributed by atoms with E-state index in [1.807, 2.05) is 0 Å². The summed E-state index contributed by atoms with van der Waals surface area (Å²) in [5.74, 6) is -0.134. The van der Waals surface area contributed by atoms with Gasteiger partial charge in [-0.1, -0.05) is 11.6 Å². The third kappa shape index (κ3) is 6.87. The van der Waals surface area contributed by atoms with Crippen LogP contribution in [0.5, 0.6) is 0 Å². The molecule has 2 rings (SSSR count). The van der Waals surface area contributed by atoms with Gasteiger partial charge in [-0.05, 0) is 50.5 Å². The molecule has 0 saturated carbocycles. The number of nitrogens with one attached hydrogen (secondary N) is 3. The van der Waals surface area contributed by atoms with E-state index in [2.05, 4.69) is 17.0 Å². The van der Waals surface area contributed by atoms with Gasteiger partial charge in [0.1, 0.15) is 0 Å². The number of sulfonamides is 1. The van der Waals surface area contributed by atoms with Crippen molar-refractivity contribution >= 4 is 27.5 Å². The summed E-state index contributed by atoms with van der Waals surface area (Å²) in [5, 5.41) is 3.34. The summed E-state index contributed by atoms with van der Waals surface area (Å²) < 4.78 is 26.6. The van der Waals surface area contributed by atoms with Gasteiger partial charge in [-0.15, -0.1) is 0 Å². The molecule has 1 aromatic carbocycles. The quantitative estimate of drug-likeness (QED) is 0.538. The SMILES string of the molecule is C[C@@H]1CCCC[NH+]1CCCNC(=O)CCNS(=O)(=O)c1ccc(Cl)cc1. The predicted octanol–water partition coefficient (Wildman–Crippen LogP) is 0.972. The predicted molar refractivity (Wildman–Crippen MR) is 103 cm³/mol. The summed E-state index contributed by atoms with van der Waals surface area (Å²) in [7, 11) is -3.61. The van der Waals surface area contributed by atoms with Crippen molar-refractivity contribution < 1.29 is 18.1 Å². The molecular formula is C18H29ClN3O3S+. The van der Waals surface area contributed by atoms with Gasteiger partial charge in [0.15, 0.2) is 0 Å². The van der Waals surface area contributed by atoms with Gasteiger partial charge in [-0.3, -0.25) is 4.79 Å². The van der Waals surface area contributed by atoms with E-state index >= 15 is 0 Å². The summed E-state index contributed by atoms with van der Waals surface area (Å²) in [4.78, 5) is 13.6. The molecule has 1 saturated heterocycles. The van der Waals surface area contributed by atoms with Crippen LogP contribution in [0.15, 0.2) is 29.2 Å². The molecule has 0 aliphatic carbocycles. The lowest BCUT2D eigenvalue weighted by molar-refractivity contribution is -0.928. The summed E-state index contributed by atoms with van der Waals surface area (Å²) in [5.41, 5.74) is 0. The molecule has 1 fully saturated rings. The standard InChI is InChI=1S/C18H28ClN3O3S/c1-15-5-2-3-13-22(15)14-4-11-20-18(23)10-12-21-26(24,25)17-8-6-16(19)7-9-17/h6-9,15,21H,2-5,10-14H2,1H3,(H,20,23)/p+1/t15-/m1/s1. The Morgan fingerprint density at radius 3 is 2.65 bits per heavy atom. The summed E-state index contributed by atoms with van der Waals surface area (Å²) in [6, 6.07) is 6.63. The Morgan fingerprint density at radius 1 is 1.23 bits per heavy atom. The fourth-order valence-corrected chi connectivity index (χ4v) is 4.41. The van der Waals surface area contributed by atoms with E-state index in [1.165, 1.54) is 50.1 Å². The Morgan fingerprint density at radius 2 is 1.96 bits per heavy atom. The van der Waals surface area contributed by atoms with Gasteiger partial charge in [0.25, 0.3) is 0 Å². The first-order chi connectivity index (χ1) is 12.4. The number of rotatable bonds is 9. The molecule has 8 heteroatoms. The summed E-state index contributed by atoms with van der Waals surface area (Å²) in [6.07, 6.45) is 4.98. The number of benzene rings is 1. The average molecular weight is 403 g/mol. The fraction of sp³-hybridized carbons (Fsp3) is 0.611. The minimum Gasteiger partial charge on any atom is -0.356 e. The Balaban J connectivity index is 1.62. The fourth-order valence-electron chi connectivity index (χ4n) is 3.25. The number of halogens is 1. The number of quaternary nitrogens is 1. The molecule has 1 heterocycles. The van der Waals surface area contributed by atoms with Crippen molar-refractivity contribution in [3.05, 3.63) is 29.3 Å². The Bertz CT molecular complexity index is 679. The summed E-state index contributed by atoms with van der Waals surface area (Å²) >= 11 is 5.76. The number of hydrogen-bond donors (Lipinski definition) is 3. The maximum atomic E-state index is 12.1. The number of likely N-dealkylation sites (tertiary alicyclic amines) is 1. The zero-order chi connectivity index (χ0) is 19.0. The zero-order valence-corrected chi connectivity index (χ0v) is 16.8. The van der Waals surface area contributed by atoms with E-state index in [4.69, 9.17) is 11.6 Å². The smallest absolute Gasteiger partial charge is 0.240 e. The topological polar surface area (TPSA) is 79.7 Å². The van der Waals surface area contributed by atoms with Crippen molar-refractivity contribution in [1.29, 1.82) is 0 Å². The van der Waals surface area contributed by atoms with E-state index < -0.39 is 10.0 Å². The molecule has 1 unspecified atom stereocenters. The van der Waals surface area contributed by atoms with E-state index in [-0.39, 0.29) is 23.8 Å². The second-order valence-electron chi connectivity index (χ2n) is 6.86. The molecule has 0 radical (unpaired) electrons. The van der Waals surface area contributed by atoms with Crippen LogP contribution in [-0.2, 0) is 14.8 Å². The maximum Gasteiger partial charge on any atom is 0.240 e. The van der Waals surface area contributed by atoms with Gasteiger partial charge in [-0.25, -0.2) is 13.1 Å². The van der Waals surface area contributed by atoms with Crippen LogP contribution in [0.4, 0.5) is 0 Å². The maximum absolute atomic E-state index is 12.1. The monoisotopic (exact) mass is 402 g/mol. The van der Waals surface area contributed by atoms with Crippen LogP contribution >= 0.6 is 11.6 Å². The van der Waals surface area contributed by atoms with Gasteiger partial charge in [0.2, 0.25) is 15.9 Å². The third-order valence-electron chi connectivity index (χ3n) is 4.85. The molecule has 1 amide bonds. The van der Waals surface area contributed by atoms with E-state index in [9.17, 15) is 13.2 Å². The van der Waals surface area contributed by atoms with Crippen LogP contribution in [0, 0.1) is 0 Å². The van der Waals surface area contributed by atoms with Gasteiger partial charge >= 0.3 is 0 Å². The van der Waals surface area contributed by atoms with Gasteiger partial charge in [-0.2, -0.15) is 0 Å². The molecule has 6 nitrogen and oxygen atoms in total. The van der Waals surface area contributed by atoms with E-state index in [1.54, 1.807) is 4.90 Å². The van der Waals surface area contributed by atoms with Crippen molar-refractivity contribution in [3.8, 4) is 0 Å². The van der Waals surface area contributed by atoms with Crippen LogP contribution in [0.3, 0.4) is 0 Å². The molecular weight excluding hydrogens is 374 g/mol. The Labute approximate surface area is 161 Å². The van der Waals surface area contributed by atoms with E-state index in [0.29, 0.717) is 17.6 Å². The van der Waals surface area contributed by atoms with Crippen LogP contribution < -0.4 is 14.9 Å². The Kier molecular flexibility index (Phi) is 8.34. The second kappa shape index (κ2) is 10.3. The molecule has 2 atom stereocenters. The molecule has 146 valence electrons. The largest absolute Gasteiger partial charge is 0.356 e. The van der Waals surface area contributed by atoms with Crippen LogP contribution in [-0.4, -0.2) is 46.5 Å². The zero-order valence-electron chi connectivity index (χ0n) is 15.3. The molecule has 0 bridgehead atoms. The van der Waals surface area contributed by atoms with Gasteiger partial charge in [0, 0.05) is 31.0 Å². The molecule has 1 aromatic rings. The first-order valence-corrected chi connectivity index (χ1v) is 11.1. The van der Waals surface area contributed by atoms with Crippen molar-refractivity contribution in [3.63, 3.8) is 0 Å². The average Bonchev–Trinajstić information content (AvgIpc) is 2.60. The van der Waals surface area contributed by atoms with Crippen LogP contribution in [0.2, 0.25) is 5.02 Å². The number of piperidine rings is 1.